The number of nitro groups is 1. The lowest BCUT2D eigenvalue weighted by atomic mass is 10.1. The Morgan fingerprint density at radius 2 is 2.00 bits per heavy atom. The zero-order chi connectivity index (χ0) is 25.0. The van der Waals surface area contributed by atoms with Gasteiger partial charge in [0.05, 0.1) is 36.5 Å². The van der Waals surface area contributed by atoms with Gasteiger partial charge in [-0.1, -0.05) is 6.08 Å². The third kappa shape index (κ3) is 4.94. The molecule has 13 heteroatoms. The van der Waals surface area contributed by atoms with Crippen molar-refractivity contribution in [1.82, 2.24) is 18.7 Å². The molecule has 34 heavy (non-hydrogen) atoms. The van der Waals surface area contributed by atoms with E-state index in [1.807, 2.05) is 0 Å². The zero-order valence-corrected chi connectivity index (χ0v) is 19.0. The molecule has 2 aromatic heterocycles. The maximum absolute atomic E-state index is 12.9. The molecule has 0 bridgehead atoms. The lowest BCUT2D eigenvalue weighted by Crippen LogP contribution is -2.38. The predicted molar refractivity (Wildman–Crippen MR) is 126 cm³/mol. The number of nitrogens with one attached hydrogen (secondary N) is 1. The number of nitro benzene ring substituents is 1. The molecule has 0 amide bonds. The Kier molecular flexibility index (Phi) is 7.38. The van der Waals surface area contributed by atoms with Crippen molar-refractivity contribution >= 4 is 28.5 Å². The first-order chi connectivity index (χ1) is 16.1. The van der Waals surface area contributed by atoms with Gasteiger partial charge in [-0.25, -0.2) is 10.2 Å². The number of anilines is 1. The number of aromatic nitrogens is 4. The molecule has 2 N–H and O–H groups in total. The summed E-state index contributed by atoms with van der Waals surface area (Å²) in [6.07, 6.45) is 0.563. The van der Waals surface area contributed by atoms with Crippen molar-refractivity contribution in [3.63, 3.8) is 0 Å². The zero-order valence-electron chi connectivity index (χ0n) is 19.0. The molecule has 180 valence electrons. The van der Waals surface area contributed by atoms with E-state index < -0.39 is 22.3 Å². The molecule has 0 saturated heterocycles. The Bertz CT molecular complexity index is 1370. The van der Waals surface area contributed by atoms with E-state index in [9.17, 15) is 24.8 Å². The topological polar surface area (TPSA) is 159 Å². The van der Waals surface area contributed by atoms with Gasteiger partial charge in [-0.2, -0.15) is 10.1 Å². The molecule has 0 fully saturated rings. The van der Waals surface area contributed by atoms with Crippen LogP contribution in [0.4, 0.5) is 11.6 Å². The molecule has 0 aliphatic rings. The number of hydrazone groups is 1. The monoisotopic (exact) mass is 471 g/mol. The molecule has 3 rings (SSSR count). The SMILES string of the molecule is C=CCOC[C@@H](O)Cn1c(N/N=C(/C)c2ccc([N+](=O)[O-])cc2)nc2c1c(=O)n(C)c(=O)n2C. The Morgan fingerprint density at radius 1 is 1.32 bits per heavy atom. The Labute approximate surface area is 193 Å². The fourth-order valence-corrected chi connectivity index (χ4v) is 3.28. The second kappa shape index (κ2) is 10.2. The quantitative estimate of drug-likeness (QED) is 0.144. The first-order valence-electron chi connectivity index (χ1n) is 10.2. The van der Waals surface area contributed by atoms with E-state index in [1.165, 1.54) is 35.4 Å². The number of hydrogen-bond acceptors (Lipinski definition) is 9. The van der Waals surface area contributed by atoms with Crippen LogP contribution in [0.3, 0.4) is 0 Å². The van der Waals surface area contributed by atoms with Gasteiger partial charge in [-0.05, 0) is 24.6 Å². The van der Waals surface area contributed by atoms with E-state index in [-0.39, 0.29) is 42.6 Å². The Hall–Kier alpha value is -4.10. The summed E-state index contributed by atoms with van der Waals surface area (Å²) in [5, 5.41) is 25.6. The van der Waals surface area contributed by atoms with Crippen molar-refractivity contribution in [3.05, 3.63) is 73.4 Å². The molecule has 1 atom stereocenters. The van der Waals surface area contributed by atoms with Crippen molar-refractivity contribution in [2.45, 2.75) is 19.6 Å². The van der Waals surface area contributed by atoms with Crippen molar-refractivity contribution in [2.75, 3.05) is 18.6 Å². The Morgan fingerprint density at radius 3 is 2.62 bits per heavy atom. The van der Waals surface area contributed by atoms with E-state index in [0.717, 1.165) is 4.57 Å². The minimum atomic E-state index is -0.986. The predicted octanol–water partition coefficient (Wildman–Crippen LogP) is 0.741. The largest absolute Gasteiger partial charge is 0.389 e. The third-order valence-corrected chi connectivity index (χ3v) is 5.11. The highest BCUT2D eigenvalue weighted by Crippen LogP contribution is 2.17. The van der Waals surface area contributed by atoms with Crippen molar-refractivity contribution in [1.29, 1.82) is 0 Å². The molecular formula is C21H25N7O6. The third-order valence-electron chi connectivity index (χ3n) is 5.11. The van der Waals surface area contributed by atoms with Crippen LogP contribution < -0.4 is 16.7 Å². The van der Waals surface area contributed by atoms with E-state index >= 15 is 0 Å². The minimum absolute atomic E-state index is 0.0116. The van der Waals surface area contributed by atoms with E-state index in [1.54, 1.807) is 25.1 Å². The number of ether oxygens (including phenoxy) is 1. The van der Waals surface area contributed by atoms with Crippen LogP contribution in [0.2, 0.25) is 0 Å². The van der Waals surface area contributed by atoms with Crippen LogP contribution in [0.15, 0.2) is 51.6 Å². The normalized spacial score (nSPS) is 12.6. The number of aryl methyl sites for hydroxylation is 1. The van der Waals surface area contributed by atoms with Gasteiger partial charge in [0.2, 0.25) is 5.95 Å². The maximum atomic E-state index is 12.9. The van der Waals surface area contributed by atoms with Crippen molar-refractivity contribution < 1.29 is 14.8 Å². The summed E-state index contributed by atoms with van der Waals surface area (Å²) in [6.45, 7) is 5.42. The van der Waals surface area contributed by atoms with Crippen LogP contribution in [0.1, 0.15) is 12.5 Å². The maximum Gasteiger partial charge on any atom is 0.332 e. The van der Waals surface area contributed by atoms with E-state index in [2.05, 4.69) is 22.1 Å². The van der Waals surface area contributed by atoms with Gasteiger partial charge in [-0.3, -0.25) is 24.0 Å². The number of rotatable bonds is 10. The smallest absolute Gasteiger partial charge is 0.332 e. The summed E-state index contributed by atoms with van der Waals surface area (Å²) in [6, 6.07) is 5.84. The molecule has 0 saturated carbocycles. The van der Waals surface area contributed by atoms with Gasteiger partial charge in [0.15, 0.2) is 11.2 Å². The van der Waals surface area contributed by atoms with Crippen LogP contribution >= 0.6 is 0 Å². The number of fused-ring (bicyclic) bond motifs is 1. The van der Waals surface area contributed by atoms with Crippen LogP contribution in [-0.2, 0) is 25.4 Å². The average Bonchev–Trinajstić information content (AvgIpc) is 3.18. The molecule has 2 heterocycles. The molecule has 0 spiro atoms. The van der Waals surface area contributed by atoms with Crippen LogP contribution in [0.5, 0.6) is 0 Å². The lowest BCUT2D eigenvalue weighted by Gasteiger charge is -2.14. The summed E-state index contributed by atoms with van der Waals surface area (Å²) < 4.78 is 8.91. The van der Waals surface area contributed by atoms with Crippen LogP contribution in [-0.4, -0.2) is 53.7 Å². The molecule has 1 aromatic carbocycles. The van der Waals surface area contributed by atoms with Gasteiger partial charge in [0.1, 0.15) is 0 Å². The highest BCUT2D eigenvalue weighted by atomic mass is 16.6. The van der Waals surface area contributed by atoms with Crippen LogP contribution in [0, 0.1) is 10.1 Å². The molecule has 13 nitrogen and oxygen atoms in total. The summed E-state index contributed by atoms with van der Waals surface area (Å²) in [5.74, 6) is 0.123. The average molecular weight is 471 g/mol. The van der Waals surface area contributed by atoms with Gasteiger partial charge >= 0.3 is 5.69 Å². The molecule has 3 aromatic rings. The van der Waals surface area contributed by atoms with Gasteiger partial charge in [0.25, 0.3) is 11.2 Å². The second-order valence-corrected chi connectivity index (χ2v) is 7.52. The fraction of sp³-hybridized carbons (Fsp3) is 0.333. The Balaban J connectivity index is 2.02. The van der Waals surface area contributed by atoms with Gasteiger partial charge < -0.3 is 14.4 Å². The fourth-order valence-electron chi connectivity index (χ4n) is 3.28. The number of non-ortho nitro benzene ring substituents is 1. The molecule has 0 aliphatic carbocycles. The molecule has 0 aliphatic heterocycles. The number of imidazole rings is 1. The molecular weight excluding hydrogens is 446 g/mol. The first-order valence-corrected chi connectivity index (χ1v) is 10.2. The highest BCUT2D eigenvalue weighted by molar-refractivity contribution is 5.99. The second-order valence-electron chi connectivity index (χ2n) is 7.52. The minimum Gasteiger partial charge on any atom is -0.389 e. The van der Waals surface area contributed by atoms with Crippen molar-refractivity contribution in [3.8, 4) is 0 Å². The summed E-state index contributed by atoms with van der Waals surface area (Å²) in [5.41, 5.74) is 2.96. The first kappa shape index (κ1) is 24.5. The number of hydrogen-bond donors (Lipinski definition) is 2. The van der Waals surface area contributed by atoms with E-state index in [0.29, 0.717) is 11.3 Å². The van der Waals surface area contributed by atoms with Gasteiger partial charge in [0, 0.05) is 26.2 Å². The number of aliphatic hydroxyl groups is 1. The van der Waals surface area contributed by atoms with Crippen LogP contribution in [0.25, 0.3) is 11.2 Å². The standard InChI is InChI=1S/C21H25N7O6/c1-5-10-34-12-16(29)11-27-17-18(25(3)21(31)26(4)19(17)30)22-20(27)24-23-13(2)14-6-8-15(9-7-14)28(32)33/h5-9,16,29H,1,10-12H2,2-4H3,(H,22,24)/b23-13-/t16-/m0/s1. The molecule has 0 unspecified atom stereocenters. The summed E-state index contributed by atoms with van der Waals surface area (Å²) in [7, 11) is 2.84. The number of aliphatic hydroxyl groups excluding tert-OH is 1. The number of benzene rings is 1. The number of nitrogens with zero attached hydrogens (tertiary/aromatic N) is 6. The lowest BCUT2D eigenvalue weighted by molar-refractivity contribution is -0.384. The molecule has 0 radical (unpaired) electrons. The van der Waals surface area contributed by atoms with E-state index in [4.69, 9.17) is 4.74 Å². The highest BCUT2D eigenvalue weighted by Gasteiger charge is 2.21. The van der Waals surface area contributed by atoms with Gasteiger partial charge in [-0.15, -0.1) is 6.58 Å². The summed E-state index contributed by atoms with van der Waals surface area (Å²) in [4.78, 5) is 39.9. The summed E-state index contributed by atoms with van der Waals surface area (Å²) >= 11 is 0. The van der Waals surface area contributed by atoms with Crippen molar-refractivity contribution in [2.24, 2.45) is 19.2 Å².